The molecule has 2 aromatic rings. The molecule has 0 aromatic carbocycles. The van der Waals surface area contributed by atoms with Crippen LogP contribution in [0.1, 0.15) is 10.6 Å². The maximum absolute atomic E-state index is 11.5. The molecule has 0 spiro atoms. The van der Waals surface area contributed by atoms with Crippen LogP contribution >= 0.6 is 11.3 Å². The summed E-state index contributed by atoms with van der Waals surface area (Å²) in [6, 6.07) is 7.62. The Labute approximate surface area is 133 Å². The van der Waals surface area contributed by atoms with Gasteiger partial charge in [0.05, 0.1) is 12.7 Å². The van der Waals surface area contributed by atoms with Gasteiger partial charge in [0.1, 0.15) is 12.4 Å². The van der Waals surface area contributed by atoms with Crippen LogP contribution in [0.5, 0.6) is 5.75 Å². The summed E-state index contributed by atoms with van der Waals surface area (Å²) in [5, 5.41) is 4.65. The number of nitrogens with one attached hydrogen (secondary N) is 1. The van der Waals surface area contributed by atoms with Crippen LogP contribution in [0.15, 0.2) is 41.9 Å². The fraction of sp³-hybridized carbons (Fsp3) is 0.176. The highest BCUT2D eigenvalue weighted by Gasteiger charge is 1.93. The molecule has 4 nitrogen and oxygen atoms in total. The molecule has 1 amide bonds. The highest BCUT2D eigenvalue weighted by molar-refractivity contribution is 7.10. The van der Waals surface area contributed by atoms with Crippen LogP contribution < -0.4 is 10.1 Å². The average Bonchev–Trinajstić information content (AvgIpc) is 3.04. The molecule has 0 aliphatic rings. The zero-order valence-corrected chi connectivity index (χ0v) is 13.0. The molecule has 0 aliphatic heterocycles. The van der Waals surface area contributed by atoms with Crippen LogP contribution in [0.4, 0.5) is 0 Å². The van der Waals surface area contributed by atoms with Crippen molar-refractivity contribution in [2.75, 3.05) is 13.2 Å². The number of thiophene rings is 1. The molecular formula is C17H16N2O2S. The molecule has 0 saturated carbocycles. The Hall–Kier alpha value is -2.58. The largest absolute Gasteiger partial charge is 0.479 e. The minimum atomic E-state index is -0.161. The summed E-state index contributed by atoms with van der Waals surface area (Å²) in [4.78, 5) is 16.7. The van der Waals surface area contributed by atoms with E-state index in [4.69, 9.17) is 4.74 Å². The zero-order chi connectivity index (χ0) is 15.6. The van der Waals surface area contributed by atoms with E-state index in [0.29, 0.717) is 12.3 Å². The molecule has 2 heterocycles. The number of pyridine rings is 1. The van der Waals surface area contributed by atoms with Crippen LogP contribution in [-0.2, 0) is 4.79 Å². The molecule has 2 rings (SSSR count). The Morgan fingerprint density at radius 3 is 3.05 bits per heavy atom. The molecule has 0 bridgehead atoms. The van der Waals surface area contributed by atoms with E-state index >= 15 is 0 Å². The monoisotopic (exact) mass is 312 g/mol. The predicted octanol–water partition coefficient (Wildman–Crippen LogP) is 2.66. The van der Waals surface area contributed by atoms with Crippen molar-refractivity contribution in [1.29, 1.82) is 0 Å². The summed E-state index contributed by atoms with van der Waals surface area (Å²) in [5.41, 5.74) is 0.941. The van der Waals surface area contributed by atoms with Gasteiger partial charge in [-0.1, -0.05) is 17.9 Å². The maximum atomic E-state index is 11.5. The molecule has 0 atom stereocenters. The Kier molecular flexibility index (Phi) is 6.21. The van der Waals surface area contributed by atoms with Crippen molar-refractivity contribution in [1.82, 2.24) is 10.3 Å². The smallest absolute Gasteiger partial charge is 0.244 e. The highest BCUT2D eigenvalue weighted by Crippen LogP contribution is 2.09. The third kappa shape index (κ3) is 5.81. The second-order valence-electron chi connectivity index (χ2n) is 4.34. The van der Waals surface area contributed by atoms with E-state index in [2.05, 4.69) is 22.1 Å². The fourth-order valence-electron chi connectivity index (χ4n) is 1.51. The van der Waals surface area contributed by atoms with Crippen molar-refractivity contribution >= 4 is 23.3 Å². The number of aromatic nitrogens is 1. The number of aryl methyl sites for hydroxylation is 1. The third-order valence-electron chi connectivity index (χ3n) is 2.61. The van der Waals surface area contributed by atoms with E-state index in [1.165, 1.54) is 6.08 Å². The molecule has 0 saturated heterocycles. The lowest BCUT2D eigenvalue weighted by Crippen LogP contribution is -2.21. The van der Waals surface area contributed by atoms with E-state index in [9.17, 15) is 4.79 Å². The van der Waals surface area contributed by atoms with Crippen LogP contribution in [0.3, 0.4) is 0 Å². The molecule has 22 heavy (non-hydrogen) atoms. The molecule has 0 fully saturated rings. The lowest BCUT2D eigenvalue weighted by Gasteiger charge is -2.00. The lowest BCUT2D eigenvalue weighted by molar-refractivity contribution is -0.116. The summed E-state index contributed by atoms with van der Waals surface area (Å²) >= 11 is 1.58. The molecule has 5 heteroatoms. The standard InChI is InChI=1S/C17H16N2O2S/c1-14-6-7-15(13-19-14)21-11-3-2-10-18-17(20)9-8-16-5-4-12-22-16/h4-9,12-13H,10-11H2,1H3,(H,18,20)/b9-8+. The summed E-state index contributed by atoms with van der Waals surface area (Å²) in [6.45, 7) is 2.48. The zero-order valence-electron chi connectivity index (χ0n) is 12.2. The van der Waals surface area contributed by atoms with Crippen molar-refractivity contribution in [2.24, 2.45) is 0 Å². The van der Waals surface area contributed by atoms with Gasteiger partial charge in [0.2, 0.25) is 5.91 Å². The van der Waals surface area contributed by atoms with Gasteiger partial charge in [-0.15, -0.1) is 11.3 Å². The number of rotatable bonds is 5. The molecule has 1 N–H and O–H groups in total. The summed E-state index contributed by atoms with van der Waals surface area (Å²) < 4.78 is 5.40. The molecule has 2 aromatic heterocycles. The first kappa shape index (κ1) is 15.8. The van der Waals surface area contributed by atoms with Crippen molar-refractivity contribution < 1.29 is 9.53 Å². The number of carbonyl (C=O) groups excluding carboxylic acids is 1. The Morgan fingerprint density at radius 1 is 1.41 bits per heavy atom. The molecule has 0 unspecified atom stereocenters. The normalized spacial score (nSPS) is 10.0. The predicted molar refractivity (Wildman–Crippen MR) is 88.6 cm³/mol. The molecule has 112 valence electrons. The minimum absolute atomic E-state index is 0.161. The topological polar surface area (TPSA) is 51.2 Å². The third-order valence-corrected chi connectivity index (χ3v) is 3.45. The Balaban J connectivity index is 1.64. The fourth-order valence-corrected chi connectivity index (χ4v) is 2.12. The lowest BCUT2D eigenvalue weighted by atomic mass is 10.4. The van der Waals surface area contributed by atoms with Crippen molar-refractivity contribution in [2.45, 2.75) is 6.92 Å². The highest BCUT2D eigenvalue weighted by atomic mass is 32.1. The summed E-state index contributed by atoms with van der Waals surface area (Å²) in [6.07, 6.45) is 4.94. The van der Waals surface area contributed by atoms with Crippen LogP contribution in [-0.4, -0.2) is 24.0 Å². The quantitative estimate of drug-likeness (QED) is 0.682. The van der Waals surface area contributed by atoms with Gasteiger partial charge in [0.15, 0.2) is 0 Å². The number of carbonyl (C=O) groups is 1. The van der Waals surface area contributed by atoms with Gasteiger partial charge in [0, 0.05) is 16.6 Å². The van der Waals surface area contributed by atoms with E-state index in [1.807, 2.05) is 36.6 Å². The van der Waals surface area contributed by atoms with Crippen molar-refractivity contribution in [3.63, 3.8) is 0 Å². The van der Waals surface area contributed by atoms with Crippen molar-refractivity contribution in [3.8, 4) is 17.6 Å². The van der Waals surface area contributed by atoms with Gasteiger partial charge < -0.3 is 10.1 Å². The first-order valence-electron chi connectivity index (χ1n) is 6.74. The maximum Gasteiger partial charge on any atom is 0.244 e. The van der Waals surface area contributed by atoms with Gasteiger partial charge in [-0.3, -0.25) is 9.78 Å². The first-order chi connectivity index (χ1) is 10.7. The van der Waals surface area contributed by atoms with Crippen LogP contribution in [0.2, 0.25) is 0 Å². The van der Waals surface area contributed by atoms with Gasteiger partial charge >= 0.3 is 0 Å². The number of ether oxygens (including phenoxy) is 1. The minimum Gasteiger partial charge on any atom is -0.479 e. The van der Waals surface area contributed by atoms with E-state index < -0.39 is 0 Å². The van der Waals surface area contributed by atoms with Crippen LogP contribution in [0.25, 0.3) is 6.08 Å². The van der Waals surface area contributed by atoms with Gasteiger partial charge in [0.25, 0.3) is 0 Å². The second-order valence-corrected chi connectivity index (χ2v) is 5.32. The second kappa shape index (κ2) is 8.65. The van der Waals surface area contributed by atoms with E-state index in [0.717, 1.165) is 10.6 Å². The number of hydrogen-bond acceptors (Lipinski definition) is 4. The molecule has 0 radical (unpaired) electrons. The van der Waals surface area contributed by atoms with E-state index in [-0.39, 0.29) is 12.5 Å². The average molecular weight is 312 g/mol. The number of amides is 1. The SMILES string of the molecule is Cc1ccc(OCC#CCNC(=O)/C=C/c2cccs2)cn1. The number of hydrogen-bond donors (Lipinski definition) is 1. The molecule has 0 aliphatic carbocycles. The van der Waals surface area contributed by atoms with Gasteiger partial charge in [-0.2, -0.15) is 0 Å². The summed E-state index contributed by atoms with van der Waals surface area (Å²) in [5.74, 6) is 6.19. The van der Waals surface area contributed by atoms with E-state index in [1.54, 1.807) is 23.6 Å². The van der Waals surface area contributed by atoms with Gasteiger partial charge in [-0.25, -0.2) is 0 Å². The van der Waals surface area contributed by atoms with Crippen LogP contribution in [0, 0.1) is 18.8 Å². The van der Waals surface area contributed by atoms with Gasteiger partial charge in [-0.05, 0) is 36.6 Å². The Morgan fingerprint density at radius 2 is 2.32 bits per heavy atom. The number of nitrogens with zero attached hydrogens (tertiary/aromatic N) is 1. The van der Waals surface area contributed by atoms with Crippen molar-refractivity contribution in [3.05, 3.63) is 52.5 Å². The molecular weight excluding hydrogens is 296 g/mol. The summed E-state index contributed by atoms with van der Waals surface area (Å²) in [7, 11) is 0. The first-order valence-corrected chi connectivity index (χ1v) is 7.62. The Bertz CT molecular complexity index is 680.